The number of nitrogens with two attached hydrogens (primary N) is 1. The molecule has 0 aromatic heterocycles. The normalized spacial score (nSPS) is 18.4. The first kappa shape index (κ1) is 14.0. The first-order chi connectivity index (χ1) is 7.63. The summed E-state index contributed by atoms with van der Waals surface area (Å²) in [5.74, 6) is 1.82. The third-order valence-electron chi connectivity index (χ3n) is 3.72. The van der Waals surface area contributed by atoms with E-state index >= 15 is 0 Å². The average molecular weight is 226 g/mol. The van der Waals surface area contributed by atoms with Crippen LogP contribution in [0.5, 0.6) is 0 Å². The molecule has 1 aliphatic carbocycles. The van der Waals surface area contributed by atoms with E-state index < -0.39 is 0 Å². The van der Waals surface area contributed by atoms with Gasteiger partial charge in [0.25, 0.3) is 0 Å². The third-order valence-corrected chi connectivity index (χ3v) is 3.72. The van der Waals surface area contributed by atoms with Crippen LogP contribution in [-0.2, 0) is 0 Å². The highest BCUT2D eigenvalue weighted by molar-refractivity contribution is 4.78. The minimum absolute atomic E-state index is 0.713. The molecular formula is C14H30N2. The van der Waals surface area contributed by atoms with Gasteiger partial charge in [-0.1, -0.05) is 6.92 Å². The molecule has 0 spiro atoms. The summed E-state index contributed by atoms with van der Waals surface area (Å²) in [4.78, 5) is 2.66. The van der Waals surface area contributed by atoms with E-state index in [1.165, 1.54) is 45.2 Å². The third kappa shape index (κ3) is 5.86. The number of hydrogen-bond donors (Lipinski definition) is 1. The molecule has 1 fully saturated rings. The Hall–Kier alpha value is -0.0800. The number of hydrogen-bond acceptors (Lipinski definition) is 2. The molecule has 0 saturated heterocycles. The van der Waals surface area contributed by atoms with Crippen LogP contribution in [0, 0.1) is 11.8 Å². The highest BCUT2D eigenvalue weighted by Crippen LogP contribution is 2.30. The Morgan fingerprint density at radius 2 is 1.88 bits per heavy atom. The second kappa shape index (κ2) is 7.29. The second-order valence-electron chi connectivity index (χ2n) is 5.86. The molecule has 96 valence electrons. The minimum atomic E-state index is 0.713. The fraction of sp³-hybridized carbons (Fsp3) is 1.00. The SMILES string of the molecule is CC(CCN)CCCN(CC1CC1)C(C)C. The van der Waals surface area contributed by atoms with Gasteiger partial charge in [-0.2, -0.15) is 0 Å². The maximum absolute atomic E-state index is 5.57. The van der Waals surface area contributed by atoms with Gasteiger partial charge in [0.05, 0.1) is 0 Å². The lowest BCUT2D eigenvalue weighted by atomic mass is 10.0. The van der Waals surface area contributed by atoms with Crippen LogP contribution in [0.15, 0.2) is 0 Å². The van der Waals surface area contributed by atoms with Gasteiger partial charge in [0, 0.05) is 12.6 Å². The quantitative estimate of drug-likeness (QED) is 0.655. The van der Waals surface area contributed by atoms with Gasteiger partial charge >= 0.3 is 0 Å². The Morgan fingerprint density at radius 1 is 1.19 bits per heavy atom. The van der Waals surface area contributed by atoms with Crippen molar-refractivity contribution < 1.29 is 0 Å². The molecule has 0 aliphatic heterocycles. The number of nitrogens with zero attached hydrogens (tertiary/aromatic N) is 1. The van der Waals surface area contributed by atoms with E-state index in [2.05, 4.69) is 25.7 Å². The van der Waals surface area contributed by atoms with Crippen LogP contribution in [0.4, 0.5) is 0 Å². The van der Waals surface area contributed by atoms with E-state index in [1.54, 1.807) is 0 Å². The zero-order chi connectivity index (χ0) is 12.0. The Labute approximate surface area is 102 Å². The highest BCUT2D eigenvalue weighted by atomic mass is 15.1. The molecule has 1 saturated carbocycles. The standard InChI is InChI=1S/C14H30N2/c1-12(2)16(11-14-6-7-14)10-4-5-13(3)8-9-15/h12-14H,4-11,15H2,1-3H3. The summed E-state index contributed by atoms with van der Waals surface area (Å²) in [6, 6.07) is 0.713. The summed E-state index contributed by atoms with van der Waals surface area (Å²) in [5.41, 5.74) is 5.57. The van der Waals surface area contributed by atoms with Crippen molar-refractivity contribution in [3.05, 3.63) is 0 Å². The van der Waals surface area contributed by atoms with E-state index in [0.29, 0.717) is 6.04 Å². The molecule has 2 N–H and O–H groups in total. The highest BCUT2D eigenvalue weighted by Gasteiger charge is 2.25. The molecule has 1 atom stereocenters. The summed E-state index contributed by atoms with van der Waals surface area (Å²) in [6.07, 6.45) is 6.79. The zero-order valence-corrected chi connectivity index (χ0v) is 11.4. The maximum Gasteiger partial charge on any atom is 0.00387 e. The molecule has 0 aromatic carbocycles. The summed E-state index contributed by atoms with van der Waals surface area (Å²) < 4.78 is 0. The van der Waals surface area contributed by atoms with E-state index in [1.807, 2.05) is 0 Å². The first-order valence-electron chi connectivity index (χ1n) is 7.07. The fourth-order valence-corrected chi connectivity index (χ4v) is 2.26. The molecule has 1 aliphatic rings. The van der Waals surface area contributed by atoms with Crippen molar-refractivity contribution in [2.45, 2.75) is 58.9 Å². The summed E-state index contributed by atoms with van der Waals surface area (Å²) in [5, 5.41) is 0. The minimum Gasteiger partial charge on any atom is -0.330 e. The van der Waals surface area contributed by atoms with Gasteiger partial charge in [-0.3, -0.25) is 0 Å². The molecule has 0 aromatic rings. The molecular weight excluding hydrogens is 196 g/mol. The van der Waals surface area contributed by atoms with Crippen LogP contribution < -0.4 is 5.73 Å². The van der Waals surface area contributed by atoms with Crippen molar-refractivity contribution in [1.29, 1.82) is 0 Å². The van der Waals surface area contributed by atoms with Gasteiger partial charge in [0.1, 0.15) is 0 Å². The molecule has 2 nitrogen and oxygen atoms in total. The average Bonchev–Trinajstić information content (AvgIpc) is 3.00. The van der Waals surface area contributed by atoms with Crippen LogP contribution in [-0.4, -0.2) is 30.6 Å². The first-order valence-corrected chi connectivity index (χ1v) is 7.07. The lowest BCUT2D eigenvalue weighted by Crippen LogP contribution is -2.33. The van der Waals surface area contributed by atoms with Crippen molar-refractivity contribution in [2.24, 2.45) is 17.6 Å². The van der Waals surface area contributed by atoms with Crippen LogP contribution in [0.2, 0.25) is 0 Å². The summed E-state index contributed by atoms with van der Waals surface area (Å²) in [6.45, 7) is 10.4. The summed E-state index contributed by atoms with van der Waals surface area (Å²) in [7, 11) is 0. The van der Waals surface area contributed by atoms with Crippen molar-refractivity contribution >= 4 is 0 Å². The topological polar surface area (TPSA) is 29.3 Å². The molecule has 0 amide bonds. The number of rotatable bonds is 9. The molecule has 0 heterocycles. The lowest BCUT2D eigenvalue weighted by molar-refractivity contribution is 0.204. The molecule has 1 unspecified atom stereocenters. The predicted molar refractivity (Wildman–Crippen MR) is 71.5 cm³/mol. The van der Waals surface area contributed by atoms with Gasteiger partial charge in [-0.05, 0) is 70.9 Å². The summed E-state index contributed by atoms with van der Waals surface area (Å²) >= 11 is 0. The van der Waals surface area contributed by atoms with Crippen molar-refractivity contribution in [1.82, 2.24) is 4.90 Å². The van der Waals surface area contributed by atoms with E-state index in [-0.39, 0.29) is 0 Å². The van der Waals surface area contributed by atoms with Crippen LogP contribution in [0.25, 0.3) is 0 Å². The van der Waals surface area contributed by atoms with E-state index in [9.17, 15) is 0 Å². The molecule has 2 heteroatoms. The van der Waals surface area contributed by atoms with Crippen molar-refractivity contribution in [3.63, 3.8) is 0 Å². The van der Waals surface area contributed by atoms with Gasteiger partial charge in [0.2, 0.25) is 0 Å². The van der Waals surface area contributed by atoms with E-state index in [0.717, 1.165) is 18.4 Å². The molecule has 16 heavy (non-hydrogen) atoms. The van der Waals surface area contributed by atoms with Crippen LogP contribution in [0.1, 0.15) is 52.9 Å². The Balaban J connectivity index is 2.11. The zero-order valence-electron chi connectivity index (χ0n) is 11.4. The lowest BCUT2D eigenvalue weighted by Gasteiger charge is -2.26. The Kier molecular flexibility index (Phi) is 6.37. The van der Waals surface area contributed by atoms with Crippen molar-refractivity contribution in [2.75, 3.05) is 19.6 Å². The van der Waals surface area contributed by atoms with Crippen molar-refractivity contribution in [3.8, 4) is 0 Å². The Morgan fingerprint density at radius 3 is 2.38 bits per heavy atom. The fourth-order valence-electron chi connectivity index (χ4n) is 2.26. The Bertz CT molecular complexity index is 176. The van der Waals surface area contributed by atoms with Crippen LogP contribution >= 0.6 is 0 Å². The molecule has 0 radical (unpaired) electrons. The smallest absolute Gasteiger partial charge is 0.00387 e. The van der Waals surface area contributed by atoms with Gasteiger partial charge in [-0.15, -0.1) is 0 Å². The van der Waals surface area contributed by atoms with Gasteiger partial charge in [-0.25, -0.2) is 0 Å². The largest absolute Gasteiger partial charge is 0.330 e. The molecule has 0 bridgehead atoms. The van der Waals surface area contributed by atoms with Gasteiger partial charge in [0.15, 0.2) is 0 Å². The van der Waals surface area contributed by atoms with Gasteiger partial charge < -0.3 is 10.6 Å². The molecule has 1 rings (SSSR count). The predicted octanol–water partition coefficient (Wildman–Crippen LogP) is 2.87. The van der Waals surface area contributed by atoms with Crippen LogP contribution in [0.3, 0.4) is 0 Å². The second-order valence-corrected chi connectivity index (χ2v) is 5.86. The monoisotopic (exact) mass is 226 g/mol. The maximum atomic E-state index is 5.57. The van der Waals surface area contributed by atoms with E-state index in [4.69, 9.17) is 5.73 Å².